The highest BCUT2D eigenvalue weighted by atomic mass is 35.5. The van der Waals surface area contributed by atoms with Gasteiger partial charge in [0.1, 0.15) is 5.65 Å². The van der Waals surface area contributed by atoms with Gasteiger partial charge in [-0.15, -0.1) is 0 Å². The SMILES string of the molecule is COC(=O)[C@@H](OC(C)(C)C)c1c(C)nc2c(c(C)c(C)n2CCN(C)C)c1-c1ccc(Cl)cc1. The summed E-state index contributed by atoms with van der Waals surface area (Å²) in [5.74, 6) is -0.448. The van der Waals surface area contributed by atoms with Crippen LogP contribution in [0.2, 0.25) is 5.02 Å². The molecule has 0 bridgehead atoms. The topological polar surface area (TPSA) is 56.6 Å². The standard InChI is InChI=1S/C27H36ClN3O3/c1-16-18(3)31(15-14-30(7)8)25-21(16)23(19-10-12-20(28)13-11-19)22(17(2)29-25)24(26(32)33-9)34-27(4,5)6/h10-13,24H,14-15H2,1-9H3/t24-/m0/s1. The number of aromatic nitrogens is 2. The summed E-state index contributed by atoms with van der Waals surface area (Å²) in [7, 11) is 5.51. The number of carbonyl (C=O) groups is 1. The lowest BCUT2D eigenvalue weighted by Crippen LogP contribution is -2.29. The average Bonchev–Trinajstić information content (AvgIpc) is 2.98. The fourth-order valence-electron chi connectivity index (χ4n) is 4.29. The van der Waals surface area contributed by atoms with E-state index in [9.17, 15) is 4.79 Å². The van der Waals surface area contributed by atoms with Crippen molar-refractivity contribution in [2.24, 2.45) is 0 Å². The van der Waals surface area contributed by atoms with Gasteiger partial charge < -0.3 is 18.9 Å². The maximum Gasteiger partial charge on any atom is 0.339 e. The fraction of sp³-hybridized carbons (Fsp3) is 0.481. The lowest BCUT2D eigenvalue weighted by atomic mass is 9.91. The number of fused-ring (bicyclic) bond motifs is 1. The van der Waals surface area contributed by atoms with Gasteiger partial charge in [-0.05, 0) is 78.9 Å². The number of likely N-dealkylation sites (N-methyl/N-ethyl adjacent to an activating group) is 1. The van der Waals surface area contributed by atoms with Crippen molar-refractivity contribution in [1.29, 1.82) is 0 Å². The second kappa shape index (κ2) is 10.1. The number of aryl methyl sites for hydroxylation is 2. The molecule has 0 aliphatic rings. The van der Waals surface area contributed by atoms with Gasteiger partial charge in [0, 0.05) is 46.0 Å². The number of hydrogen-bond acceptors (Lipinski definition) is 5. The van der Waals surface area contributed by atoms with E-state index >= 15 is 0 Å². The summed E-state index contributed by atoms with van der Waals surface area (Å²) in [6.45, 7) is 13.7. The van der Waals surface area contributed by atoms with Gasteiger partial charge in [0.15, 0.2) is 6.10 Å². The molecule has 184 valence electrons. The number of esters is 1. The molecular weight excluding hydrogens is 450 g/mol. The van der Waals surface area contributed by atoms with E-state index in [2.05, 4.69) is 37.4 Å². The molecule has 0 amide bonds. The number of rotatable bonds is 7. The van der Waals surface area contributed by atoms with Crippen molar-refractivity contribution in [3.63, 3.8) is 0 Å². The number of ether oxygens (including phenoxy) is 2. The minimum atomic E-state index is -0.919. The first-order chi connectivity index (χ1) is 15.9. The lowest BCUT2D eigenvalue weighted by molar-refractivity contribution is -0.164. The summed E-state index contributed by atoms with van der Waals surface area (Å²) in [5.41, 5.74) is 5.97. The molecule has 0 aliphatic carbocycles. The summed E-state index contributed by atoms with van der Waals surface area (Å²) >= 11 is 6.22. The number of methoxy groups -OCH3 is 1. The van der Waals surface area contributed by atoms with Crippen LogP contribution in [0.3, 0.4) is 0 Å². The second-order valence-corrected chi connectivity index (χ2v) is 10.4. The molecule has 2 heterocycles. The monoisotopic (exact) mass is 485 g/mol. The predicted octanol–water partition coefficient (Wildman–Crippen LogP) is 5.87. The van der Waals surface area contributed by atoms with Crippen LogP contribution in [-0.4, -0.2) is 53.8 Å². The van der Waals surface area contributed by atoms with Crippen molar-refractivity contribution >= 4 is 28.6 Å². The number of hydrogen-bond donors (Lipinski definition) is 0. The Labute approximate surface area is 207 Å². The van der Waals surface area contributed by atoms with Crippen LogP contribution in [0, 0.1) is 20.8 Å². The van der Waals surface area contributed by atoms with E-state index in [0.29, 0.717) is 5.02 Å². The summed E-state index contributed by atoms with van der Waals surface area (Å²) in [6.07, 6.45) is -0.919. The minimum absolute atomic E-state index is 0.448. The van der Waals surface area contributed by atoms with Gasteiger partial charge in [0.25, 0.3) is 0 Å². The van der Waals surface area contributed by atoms with Crippen LogP contribution in [0.5, 0.6) is 0 Å². The quantitative estimate of drug-likeness (QED) is 0.391. The van der Waals surface area contributed by atoms with E-state index < -0.39 is 17.7 Å². The Morgan fingerprint density at radius 2 is 1.76 bits per heavy atom. The van der Waals surface area contributed by atoms with E-state index in [1.807, 2.05) is 52.0 Å². The minimum Gasteiger partial charge on any atom is -0.467 e. The molecule has 0 saturated heterocycles. The first-order valence-electron chi connectivity index (χ1n) is 11.5. The van der Waals surface area contributed by atoms with Gasteiger partial charge in [-0.1, -0.05) is 23.7 Å². The van der Waals surface area contributed by atoms with Crippen molar-refractivity contribution in [2.75, 3.05) is 27.7 Å². The van der Waals surface area contributed by atoms with Gasteiger partial charge in [0.2, 0.25) is 0 Å². The molecule has 0 aliphatic heterocycles. The molecule has 1 atom stereocenters. The second-order valence-electron chi connectivity index (χ2n) is 9.99. The Morgan fingerprint density at radius 3 is 2.29 bits per heavy atom. The maximum atomic E-state index is 13.0. The van der Waals surface area contributed by atoms with Crippen LogP contribution in [0.25, 0.3) is 22.2 Å². The van der Waals surface area contributed by atoms with Gasteiger partial charge in [-0.3, -0.25) is 0 Å². The van der Waals surface area contributed by atoms with Crippen molar-refractivity contribution in [3.05, 3.63) is 51.8 Å². The normalized spacial score (nSPS) is 13.0. The van der Waals surface area contributed by atoms with E-state index in [1.165, 1.54) is 7.11 Å². The molecular formula is C27H36ClN3O3. The average molecular weight is 486 g/mol. The molecule has 3 aromatic rings. The van der Waals surface area contributed by atoms with E-state index in [0.717, 1.165) is 57.8 Å². The van der Waals surface area contributed by atoms with Crippen LogP contribution < -0.4 is 0 Å². The zero-order valence-electron chi connectivity index (χ0n) is 21.7. The molecule has 6 nitrogen and oxygen atoms in total. The summed E-state index contributed by atoms with van der Waals surface area (Å²) in [4.78, 5) is 20.2. The van der Waals surface area contributed by atoms with Gasteiger partial charge in [-0.25, -0.2) is 9.78 Å². The third-order valence-electron chi connectivity index (χ3n) is 6.04. The molecule has 0 fully saturated rings. The highest BCUT2D eigenvalue weighted by molar-refractivity contribution is 6.30. The predicted molar refractivity (Wildman–Crippen MR) is 139 cm³/mol. The molecule has 2 aromatic heterocycles. The number of carbonyl (C=O) groups excluding carboxylic acids is 1. The number of pyridine rings is 1. The first kappa shape index (κ1) is 26.2. The third-order valence-corrected chi connectivity index (χ3v) is 6.29. The summed E-state index contributed by atoms with van der Waals surface area (Å²) in [5, 5.41) is 1.67. The van der Waals surface area contributed by atoms with Gasteiger partial charge in [-0.2, -0.15) is 0 Å². The fourth-order valence-corrected chi connectivity index (χ4v) is 4.42. The molecule has 0 N–H and O–H groups in total. The maximum absolute atomic E-state index is 13.0. The Hall–Kier alpha value is -2.41. The Kier molecular flexibility index (Phi) is 7.75. The molecule has 1 aromatic carbocycles. The zero-order chi connectivity index (χ0) is 25.4. The van der Waals surface area contributed by atoms with E-state index in [4.69, 9.17) is 26.1 Å². The Morgan fingerprint density at radius 1 is 1.15 bits per heavy atom. The molecule has 0 radical (unpaired) electrons. The van der Waals surface area contributed by atoms with Crippen molar-refractivity contribution in [2.45, 2.75) is 59.8 Å². The molecule has 0 unspecified atom stereocenters. The van der Waals surface area contributed by atoms with Crippen LogP contribution in [0.15, 0.2) is 24.3 Å². The van der Waals surface area contributed by atoms with Crippen LogP contribution in [0.1, 0.15) is 49.4 Å². The highest BCUT2D eigenvalue weighted by Gasteiger charge is 2.34. The molecule has 34 heavy (non-hydrogen) atoms. The lowest BCUT2D eigenvalue weighted by Gasteiger charge is -2.29. The van der Waals surface area contributed by atoms with Gasteiger partial charge in [0.05, 0.1) is 12.7 Å². The highest BCUT2D eigenvalue weighted by Crippen LogP contribution is 2.42. The molecule has 0 saturated carbocycles. The largest absolute Gasteiger partial charge is 0.467 e. The first-order valence-corrected chi connectivity index (χ1v) is 11.9. The van der Waals surface area contributed by atoms with Crippen LogP contribution >= 0.6 is 11.6 Å². The summed E-state index contributed by atoms with van der Waals surface area (Å²) in [6, 6.07) is 7.70. The van der Waals surface area contributed by atoms with E-state index in [-0.39, 0.29) is 0 Å². The van der Waals surface area contributed by atoms with Crippen LogP contribution in [0.4, 0.5) is 0 Å². The third kappa shape index (κ3) is 5.29. The Balaban J connectivity index is 2.44. The molecule has 0 spiro atoms. The van der Waals surface area contributed by atoms with Crippen molar-refractivity contribution in [3.8, 4) is 11.1 Å². The zero-order valence-corrected chi connectivity index (χ0v) is 22.5. The van der Waals surface area contributed by atoms with Crippen molar-refractivity contribution in [1.82, 2.24) is 14.5 Å². The number of halogens is 1. The number of nitrogens with zero attached hydrogens (tertiary/aromatic N) is 3. The Bertz CT molecular complexity index is 1190. The molecule has 3 rings (SSSR count). The van der Waals surface area contributed by atoms with Crippen LogP contribution in [-0.2, 0) is 20.8 Å². The summed E-state index contributed by atoms with van der Waals surface area (Å²) < 4.78 is 13.7. The molecule has 7 heteroatoms. The number of benzene rings is 1. The smallest absolute Gasteiger partial charge is 0.339 e. The van der Waals surface area contributed by atoms with E-state index in [1.54, 1.807) is 0 Å². The van der Waals surface area contributed by atoms with Gasteiger partial charge >= 0.3 is 5.97 Å². The van der Waals surface area contributed by atoms with Crippen molar-refractivity contribution < 1.29 is 14.3 Å².